The highest BCUT2D eigenvalue weighted by Crippen LogP contribution is 2.15. The van der Waals surface area contributed by atoms with Gasteiger partial charge in [0, 0.05) is 6.21 Å². The van der Waals surface area contributed by atoms with E-state index in [1.165, 1.54) is 0 Å². The lowest BCUT2D eigenvalue weighted by atomic mass is 9.96. The molecule has 0 radical (unpaired) electrons. The molecule has 18 heavy (non-hydrogen) atoms. The molecule has 1 aliphatic rings. The minimum absolute atomic E-state index is 0.0659. The normalized spacial score (nSPS) is 19.0. The summed E-state index contributed by atoms with van der Waals surface area (Å²) in [6.45, 7) is 0. The molecule has 1 amide bonds. The van der Waals surface area contributed by atoms with Crippen LogP contribution in [-0.2, 0) is 11.2 Å². The lowest BCUT2D eigenvalue weighted by Crippen LogP contribution is -2.20. The van der Waals surface area contributed by atoms with Crippen molar-refractivity contribution in [3.63, 3.8) is 0 Å². The summed E-state index contributed by atoms with van der Waals surface area (Å²) < 4.78 is 0. The van der Waals surface area contributed by atoms with E-state index in [4.69, 9.17) is 0 Å². The van der Waals surface area contributed by atoms with Crippen LogP contribution in [0, 0.1) is 5.92 Å². The molecule has 0 saturated carbocycles. The first-order valence-electron chi connectivity index (χ1n) is 6.35. The zero-order valence-corrected chi connectivity index (χ0v) is 10.4. The van der Waals surface area contributed by atoms with E-state index >= 15 is 0 Å². The number of rotatable bonds is 4. The second-order valence-electron chi connectivity index (χ2n) is 4.52. The van der Waals surface area contributed by atoms with E-state index in [1.807, 2.05) is 36.5 Å². The molecule has 1 atom stereocenters. The zero-order valence-electron chi connectivity index (χ0n) is 10.4. The van der Waals surface area contributed by atoms with Crippen molar-refractivity contribution < 1.29 is 4.79 Å². The van der Waals surface area contributed by atoms with Crippen LogP contribution in [0.1, 0.15) is 24.8 Å². The van der Waals surface area contributed by atoms with Crippen molar-refractivity contribution in [2.75, 3.05) is 0 Å². The average molecular weight is 242 g/mol. The topological polar surface area (TPSA) is 41.5 Å². The van der Waals surface area contributed by atoms with E-state index in [0.717, 1.165) is 24.8 Å². The van der Waals surface area contributed by atoms with E-state index in [9.17, 15) is 4.79 Å². The molecule has 0 fully saturated rings. The van der Waals surface area contributed by atoms with Crippen LogP contribution >= 0.6 is 0 Å². The van der Waals surface area contributed by atoms with Crippen LogP contribution in [0.5, 0.6) is 0 Å². The molecule has 1 aromatic rings. The van der Waals surface area contributed by atoms with Crippen LogP contribution in [0.3, 0.4) is 0 Å². The van der Waals surface area contributed by atoms with Crippen LogP contribution in [0.15, 0.2) is 47.6 Å². The minimum atomic E-state index is -0.0659. The average Bonchev–Trinajstić information content (AvgIpc) is 2.41. The highest BCUT2D eigenvalue weighted by Gasteiger charge is 2.06. The molecule has 1 N–H and O–H groups in total. The first-order chi connectivity index (χ1) is 8.84. The summed E-state index contributed by atoms with van der Waals surface area (Å²) in [5, 5.41) is 4.03. The van der Waals surface area contributed by atoms with Gasteiger partial charge in [0.15, 0.2) is 0 Å². The van der Waals surface area contributed by atoms with Crippen molar-refractivity contribution in [2.24, 2.45) is 11.0 Å². The van der Waals surface area contributed by atoms with Gasteiger partial charge in [0.25, 0.3) is 0 Å². The quantitative estimate of drug-likeness (QED) is 0.492. The molecular weight excluding hydrogens is 224 g/mol. The summed E-state index contributed by atoms with van der Waals surface area (Å²) in [7, 11) is 0. The summed E-state index contributed by atoms with van der Waals surface area (Å²) in [6.07, 6.45) is 9.85. The molecule has 0 saturated heterocycles. The smallest absolute Gasteiger partial charge is 0.244 e. The fraction of sp³-hybridized carbons (Fsp3) is 0.333. The standard InChI is InChI=1S/C15H18N2O/c18-15(11-13-7-3-1-4-8-13)17-16-12-14-9-5-2-6-10-14/h1-5,7-8,12,14H,6,9-11H2,(H,17,18)/b16-12-/t14-/m1/s1. The van der Waals surface area contributed by atoms with Crippen molar-refractivity contribution in [1.82, 2.24) is 5.43 Å². The zero-order chi connectivity index (χ0) is 12.6. The monoisotopic (exact) mass is 242 g/mol. The van der Waals surface area contributed by atoms with Gasteiger partial charge in [0.2, 0.25) is 5.91 Å². The molecule has 0 aromatic heterocycles. The number of hydrogen-bond acceptors (Lipinski definition) is 2. The SMILES string of the molecule is O=C(Cc1ccccc1)N/N=C\[C@@H]1CC=CCC1. The Morgan fingerprint density at radius 2 is 2.17 bits per heavy atom. The highest BCUT2D eigenvalue weighted by molar-refractivity contribution is 5.79. The minimum Gasteiger partial charge on any atom is -0.273 e. The third-order valence-electron chi connectivity index (χ3n) is 2.99. The summed E-state index contributed by atoms with van der Waals surface area (Å²) >= 11 is 0. The molecule has 0 spiro atoms. The van der Waals surface area contributed by atoms with Crippen molar-refractivity contribution in [2.45, 2.75) is 25.7 Å². The Morgan fingerprint density at radius 1 is 1.33 bits per heavy atom. The fourth-order valence-corrected chi connectivity index (χ4v) is 1.99. The molecule has 0 bridgehead atoms. The maximum atomic E-state index is 11.6. The van der Waals surface area contributed by atoms with Gasteiger partial charge in [0.05, 0.1) is 6.42 Å². The molecule has 3 nitrogen and oxygen atoms in total. The molecule has 0 unspecified atom stereocenters. The van der Waals surface area contributed by atoms with Crippen molar-refractivity contribution in [3.05, 3.63) is 48.0 Å². The van der Waals surface area contributed by atoms with E-state index in [0.29, 0.717) is 12.3 Å². The molecular formula is C15H18N2O. The molecule has 94 valence electrons. The largest absolute Gasteiger partial charge is 0.273 e. The molecule has 3 heteroatoms. The van der Waals surface area contributed by atoms with E-state index in [1.54, 1.807) is 0 Å². The number of allylic oxidation sites excluding steroid dienone is 2. The summed E-state index contributed by atoms with van der Waals surface area (Å²) in [5.74, 6) is 0.399. The fourth-order valence-electron chi connectivity index (χ4n) is 1.99. The van der Waals surface area contributed by atoms with Crippen LogP contribution in [-0.4, -0.2) is 12.1 Å². The first kappa shape index (κ1) is 12.6. The third-order valence-corrected chi connectivity index (χ3v) is 2.99. The number of hydrazone groups is 1. The summed E-state index contributed by atoms with van der Waals surface area (Å²) in [6, 6.07) is 9.68. The Hall–Kier alpha value is -1.90. The number of carbonyl (C=O) groups is 1. The molecule has 0 aliphatic heterocycles. The number of nitrogens with one attached hydrogen (secondary N) is 1. The van der Waals surface area contributed by atoms with Gasteiger partial charge >= 0.3 is 0 Å². The van der Waals surface area contributed by atoms with Gasteiger partial charge in [-0.3, -0.25) is 4.79 Å². The Labute approximate surface area is 108 Å². The summed E-state index contributed by atoms with van der Waals surface area (Å²) in [4.78, 5) is 11.6. The van der Waals surface area contributed by atoms with Crippen molar-refractivity contribution in [1.29, 1.82) is 0 Å². The lowest BCUT2D eigenvalue weighted by Gasteiger charge is -2.11. The van der Waals surface area contributed by atoms with Gasteiger partial charge in [0.1, 0.15) is 0 Å². The number of amides is 1. The second-order valence-corrected chi connectivity index (χ2v) is 4.52. The maximum absolute atomic E-state index is 11.6. The summed E-state index contributed by atoms with van der Waals surface area (Å²) in [5.41, 5.74) is 3.59. The molecule has 1 aliphatic carbocycles. The van der Waals surface area contributed by atoms with Gasteiger partial charge in [-0.1, -0.05) is 42.5 Å². The highest BCUT2D eigenvalue weighted by atomic mass is 16.2. The van der Waals surface area contributed by atoms with Gasteiger partial charge in [-0.2, -0.15) is 5.10 Å². The number of hydrogen-bond donors (Lipinski definition) is 1. The van der Waals surface area contributed by atoms with Crippen molar-refractivity contribution in [3.8, 4) is 0 Å². The maximum Gasteiger partial charge on any atom is 0.244 e. The Morgan fingerprint density at radius 3 is 2.89 bits per heavy atom. The van der Waals surface area contributed by atoms with Crippen LogP contribution in [0.25, 0.3) is 0 Å². The Kier molecular flexibility index (Phi) is 4.70. The Balaban J connectivity index is 1.74. The Bertz CT molecular complexity index is 437. The van der Waals surface area contributed by atoms with E-state index in [-0.39, 0.29) is 5.91 Å². The number of carbonyl (C=O) groups excluding carboxylic acids is 1. The molecule has 2 rings (SSSR count). The molecule has 1 aromatic carbocycles. The predicted octanol–water partition coefficient (Wildman–Crippen LogP) is 2.69. The van der Waals surface area contributed by atoms with E-state index in [2.05, 4.69) is 22.7 Å². The third kappa shape index (κ3) is 4.17. The van der Waals surface area contributed by atoms with Gasteiger partial charge in [-0.25, -0.2) is 5.43 Å². The van der Waals surface area contributed by atoms with E-state index < -0.39 is 0 Å². The lowest BCUT2D eigenvalue weighted by molar-refractivity contribution is -0.120. The number of nitrogens with zero attached hydrogens (tertiary/aromatic N) is 1. The predicted molar refractivity (Wildman–Crippen MR) is 73.3 cm³/mol. The van der Waals surface area contributed by atoms with Crippen LogP contribution in [0.2, 0.25) is 0 Å². The number of benzene rings is 1. The molecule has 0 heterocycles. The van der Waals surface area contributed by atoms with Gasteiger partial charge < -0.3 is 0 Å². The van der Waals surface area contributed by atoms with Gasteiger partial charge in [-0.05, 0) is 30.7 Å². The second kappa shape index (κ2) is 6.74. The van der Waals surface area contributed by atoms with Crippen LogP contribution in [0.4, 0.5) is 0 Å². The van der Waals surface area contributed by atoms with Gasteiger partial charge in [-0.15, -0.1) is 0 Å². The first-order valence-corrected chi connectivity index (χ1v) is 6.35. The van der Waals surface area contributed by atoms with Crippen LogP contribution < -0.4 is 5.43 Å². The van der Waals surface area contributed by atoms with Crippen molar-refractivity contribution >= 4 is 12.1 Å².